The molecule has 7 heteroatoms. The molecule has 3 heterocycles. The third-order valence-corrected chi connectivity index (χ3v) is 4.69. The third-order valence-electron chi connectivity index (χ3n) is 4.69. The predicted octanol–water partition coefficient (Wildman–Crippen LogP) is 2.69. The molecule has 0 spiro atoms. The number of carbonyl (C=O) groups excluding carboxylic acids is 1. The van der Waals surface area contributed by atoms with Gasteiger partial charge < -0.3 is 4.90 Å². The van der Waals surface area contributed by atoms with Crippen molar-refractivity contribution in [3.8, 4) is 0 Å². The van der Waals surface area contributed by atoms with Crippen molar-refractivity contribution < 1.29 is 4.79 Å². The highest BCUT2D eigenvalue weighted by molar-refractivity contribution is 5.95. The lowest BCUT2D eigenvalue weighted by molar-refractivity contribution is -0.128. The number of hydrogen-bond acceptors (Lipinski definition) is 5. The lowest BCUT2D eigenvalue weighted by Gasteiger charge is -2.33. The van der Waals surface area contributed by atoms with Gasteiger partial charge in [-0.2, -0.15) is 10.1 Å². The standard InChI is InChI=1S/C19H24N6O/c1-5-7-13(2)17(20-4)18(26)24-9-6-8-15(11-24)16-10-14(3)23-19-21-12-22-25(16)19/h5,7,10,12,15H,4,6,8-9,11H2,1-3H3/b7-5-,17-13-. The van der Waals surface area contributed by atoms with Crippen LogP contribution in [-0.2, 0) is 4.79 Å². The molecule has 26 heavy (non-hydrogen) atoms. The van der Waals surface area contributed by atoms with Crippen molar-refractivity contribution in [2.45, 2.75) is 39.5 Å². The lowest BCUT2D eigenvalue weighted by atomic mass is 9.93. The van der Waals surface area contributed by atoms with Gasteiger partial charge >= 0.3 is 0 Å². The number of piperidine rings is 1. The van der Waals surface area contributed by atoms with E-state index in [1.54, 1.807) is 4.52 Å². The summed E-state index contributed by atoms with van der Waals surface area (Å²) in [7, 11) is 0. The Balaban J connectivity index is 1.89. The van der Waals surface area contributed by atoms with Crippen LogP contribution >= 0.6 is 0 Å². The molecule has 136 valence electrons. The zero-order valence-electron chi connectivity index (χ0n) is 15.5. The van der Waals surface area contributed by atoms with Crippen LogP contribution in [0.5, 0.6) is 0 Å². The van der Waals surface area contributed by atoms with Gasteiger partial charge in [-0.25, -0.2) is 9.50 Å². The molecule has 1 fully saturated rings. The molecule has 0 aliphatic carbocycles. The minimum atomic E-state index is -0.0686. The zero-order chi connectivity index (χ0) is 18.7. The summed E-state index contributed by atoms with van der Waals surface area (Å²) >= 11 is 0. The molecular weight excluding hydrogens is 328 g/mol. The number of fused-ring (bicyclic) bond motifs is 1. The van der Waals surface area contributed by atoms with E-state index in [2.05, 4.69) is 26.8 Å². The number of amides is 1. The molecule has 2 aromatic heterocycles. The van der Waals surface area contributed by atoms with Gasteiger partial charge in [-0.15, -0.1) is 0 Å². The van der Waals surface area contributed by atoms with Crippen molar-refractivity contribution in [2.75, 3.05) is 13.1 Å². The number of hydrogen-bond donors (Lipinski definition) is 0. The van der Waals surface area contributed by atoms with Crippen LogP contribution in [0.3, 0.4) is 0 Å². The van der Waals surface area contributed by atoms with Gasteiger partial charge in [-0.05, 0) is 52.0 Å². The fourth-order valence-electron chi connectivity index (χ4n) is 3.49. The van der Waals surface area contributed by atoms with Gasteiger partial charge in [0.25, 0.3) is 11.7 Å². The number of likely N-dealkylation sites (tertiary alicyclic amines) is 1. The fourth-order valence-corrected chi connectivity index (χ4v) is 3.49. The number of nitrogens with zero attached hydrogens (tertiary/aromatic N) is 6. The van der Waals surface area contributed by atoms with E-state index in [1.165, 1.54) is 6.33 Å². The number of aliphatic imine (C=N–C) groups is 1. The Morgan fingerprint density at radius 1 is 1.46 bits per heavy atom. The van der Waals surface area contributed by atoms with Crippen LogP contribution in [0.15, 0.2) is 40.8 Å². The van der Waals surface area contributed by atoms with Gasteiger partial charge in [0.05, 0.1) is 5.69 Å². The molecule has 1 amide bonds. The zero-order valence-corrected chi connectivity index (χ0v) is 15.5. The first kappa shape index (κ1) is 18.0. The Morgan fingerprint density at radius 2 is 2.27 bits per heavy atom. The van der Waals surface area contributed by atoms with E-state index in [4.69, 9.17) is 0 Å². The van der Waals surface area contributed by atoms with Gasteiger partial charge in [-0.1, -0.05) is 12.2 Å². The Bertz CT molecular complexity index is 895. The van der Waals surface area contributed by atoms with Gasteiger partial charge in [-0.3, -0.25) is 9.79 Å². The smallest absolute Gasteiger partial charge is 0.272 e. The summed E-state index contributed by atoms with van der Waals surface area (Å²) in [4.78, 5) is 27.4. The summed E-state index contributed by atoms with van der Waals surface area (Å²) in [5.41, 5.74) is 3.19. The van der Waals surface area contributed by atoms with Crippen molar-refractivity contribution in [2.24, 2.45) is 4.99 Å². The Kier molecular flexibility index (Phi) is 5.25. The van der Waals surface area contributed by atoms with E-state index in [9.17, 15) is 4.79 Å². The second kappa shape index (κ2) is 7.59. The highest BCUT2D eigenvalue weighted by atomic mass is 16.2. The van der Waals surface area contributed by atoms with Crippen LogP contribution in [0, 0.1) is 6.92 Å². The normalized spacial score (nSPS) is 19.0. The Morgan fingerprint density at radius 3 is 3.00 bits per heavy atom. The maximum Gasteiger partial charge on any atom is 0.272 e. The summed E-state index contributed by atoms with van der Waals surface area (Å²) in [5.74, 6) is 0.716. The molecule has 0 saturated carbocycles. The van der Waals surface area contributed by atoms with E-state index >= 15 is 0 Å². The maximum absolute atomic E-state index is 13.0. The number of aryl methyl sites for hydroxylation is 1. The van der Waals surface area contributed by atoms with Crippen LogP contribution in [0.4, 0.5) is 0 Å². The Labute approximate surface area is 153 Å². The van der Waals surface area contributed by atoms with Crippen molar-refractivity contribution in [3.63, 3.8) is 0 Å². The van der Waals surface area contributed by atoms with E-state index in [0.29, 0.717) is 18.0 Å². The highest BCUT2D eigenvalue weighted by Gasteiger charge is 2.28. The van der Waals surface area contributed by atoms with Crippen LogP contribution in [-0.4, -0.2) is 50.2 Å². The molecule has 7 nitrogen and oxygen atoms in total. The largest absolute Gasteiger partial charge is 0.337 e. The first-order chi connectivity index (χ1) is 12.5. The molecule has 1 aliphatic rings. The molecule has 2 aromatic rings. The molecule has 1 saturated heterocycles. The third kappa shape index (κ3) is 3.42. The van der Waals surface area contributed by atoms with Crippen molar-refractivity contribution in [1.29, 1.82) is 0 Å². The van der Waals surface area contributed by atoms with E-state index in [-0.39, 0.29) is 11.8 Å². The fraction of sp³-hybridized carbons (Fsp3) is 0.421. The average Bonchev–Trinajstić information content (AvgIpc) is 3.10. The summed E-state index contributed by atoms with van der Waals surface area (Å²) in [6.07, 6.45) is 7.22. The number of aromatic nitrogens is 4. The molecule has 0 bridgehead atoms. The number of carbonyl (C=O) groups is 1. The predicted molar refractivity (Wildman–Crippen MR) is 101 cm³/mol. The number of allylic oxidation sites excluding steroid dienone is 3. The van der Waals surface area contributed by atoms with Crippen LogP contribution in [0.1, 0.15) is 44.0 Å². The first-order valence-corrected chi connectivity index (χ1v) is 8.82. The summed E-state index contributed by atoms with van der Waals surface area (Å²) in [6, 6.07) is 2.04. The van der Waals surface area contributed by atoms with Crippen LogP contribution < -0.4 is 0 Å². The van der Waals surface area contributed by atoms with E-state index < -0.39 is 0 Å². The molecule has 0 radical (unpaired) electrons. The Hall–Kier alpha value is -2.83. The van der Waals surface area contributed by atoms with Crippen LogP contribution in [0.25, 0.3) is 5.78 Å². The SMILES string of the molecule is C=N/C(C(=O)N1CCCC(c2cc(C)nc3ncnn23)C1)=C(C)\C=C/C. The van der Waals surface area contributed by atoms with E-state index in [1.807, 2.05) is 43.9 Å². The maximum atomic E-state index is 13.0. The molecule has 1 unspecified atom stereocenters. The molecule has 3 rings (SSSR count). The lowest BCUT2D eigenvalue weighted by Crippen LogP contribution is -2.40. The molecule has 1 aliphatic heterocycles. The van der Waals surface area contributed by atoms with Crippen molar-refractivity contribution in [1.82, 2.24) is 24.5 Å². The summed E-state index contributed by atoms with van der Waals surface area (Å²) < 4.78 is 1.78. The second-order valence-electron chi connectivity index (χ2n) is 6.57. The molecule has 0 aromatic carbocycles. The van der Waals surface area contributed by atoms with Gasteiger partial charge in [0.1, 0.15) is 12.0 Å². The van der Waals surface area contributed by atoms with Gasteiger partial charge in [0, 0.05) is 24.7 Å². The summed E-state index contributed by atoms with van der Waals surface area (Å²) in [5, 5.41) is 4.30. The average molecular weight is 352 g/mol. The minimum absolute atomic E-state index is 0.0686. The molecule has 0 N–H and O–H groups in total. The molecular formula is C19H24N6O. The van der Waals surface area contributed by atoms with Gasteiger partial charge in [0.15, 0.2) is 0 Å². The monoisotopic (exact) mass is 352 g/mol. The quantitative estimate of drug-likeness (QED) is 0.482. The second-order valence-corrected chi connectivity index (χ2v) is 6.57. The molecule has 1 atom stereocenters. The van der Waals surface area contributed by atoms with Crippen LogP contribution in [0.2, 0.25) is 0 Å². The minimum Gasteiger partial charge on any atom is -0.337 e. The van der Waals surface area contributed by atoms with Gasteiger partial charge in [0.2, 0.25) is 0 Å². The number of rotatable bonds is 4. The highest BCUT2D eigenvalue weighted by Crippen LogP contribution is 2.28. The van der Waals surface area contributed by atoms with Crippen molar-refractivity contribution >= 4 is 18.4 Å². The van der Waals surface area contributed by atoms with Crippen molar-refractivity contribution in [3.05, 3.63) is 47.2 Å². The summed E-state index contributed by atoms with van der Waals surface area (Å²) in [6.45, 7) is 10.7. The topological polar surface area (TPSA) is 75.8 Å². The van der Waals surface area contributed by atoms with E-state index in [0.717, 1.165) is 36.3 Å². The first-order valence-electron chi connectivity index (χ1n) is 8.82.